The van der Waals surface area contributed by atoms with Crippen molar-refractivity contribution in [1.82, 2.24) is 0 Å². The molecule has 0 fully saturated rings. The Morgan fingerprint density at radius 3 is 1.80 bits per heavy atom. The molecule has 1 rings (SSSR count). The van der Waals surface area contributed by atoms with Gasteiger partial charge in [0.15, 0.2) is 0 Å². The quantitative estimate of drug-likeness (QED) is 0.453. The molecular weight excluding hydrogens is 344 g/mol. The van der Waals surface area contributed by atoms with E-state index in [1.165, 1.54) is 24.3 Å². The number of hydrogen-bond acceptors (Lipinski definition) is 4. The van der Waals surface area contributed by atoms with Crippen LogP contribution in [0, 0.1) is 0 Å². The number of ether oxygens (including phenoxy) is 2. The fourth-order valence-corrected chi connectivity index (χ4v) is 4.85. The summed E-state index contributed by atoms with van der Waals surface area (Å²) >= 11 is -3.91. The average Bonchev–Trinajstić information content (AvgIpc) is 2.42. The normalized spacial score (nSPS) is 12.4. The molecule has 0 aliphatic rings. The summed E-state index contributed by atoms with van der Waals surface area (Å²) < 4.78 is 47.3. The number of esters is 2. The van der Waals surface area contributed by atoms with Crippen molar-refractivity contribution in [3.63, 3.8) is 0 Å². The Balaban J connectivity index is 3.64. The topological polar surface area (TPSA) is 52.6 Å². The standard InChI is InChI=1S/C12H11F3O4Se/c1-18-10(16)9(11(17)19-2)20(12(13,14)15)8-6-4-3-5-7-8/h3-7H,1-2H3. The average molecular weight is 355 g/mol. The molecular formula is C12H11F3O4Se. The third-order valence-corrected chi connectivity index (χ3v) is 6.24. The van der Waals surface area contributed by atoms with E-state index in [1.54, 1.807) is 6.07 Å². The van der Waals surface area contributed by atoms with Crippen LogP contribution in [-0.2, 0) is 19.1 Å². The first kappa shape index (κ1) is 16.4. The van der Waals surface area contributed by atoms with Gasteiger partial charge in [-0.15, -0.1) is 0 Å². The molecule has 4 nitrogen and oxygen atoms in total. The molecule has 1 aromatic rings. The van der Waals surface area contributed by atoms with Gasteiger partial charge in [0.1, 0.15) is 0 Å². The van der Waals surface area contributed by atoms with Gasteiger partial charge >= 0.3 is 116 Å². The summed E-state index contributed by atoms with van der Waals surface area (Å²) in [5.74, 6) is -2.63. The van der Waals surface area contributed by atoms with E-state index >= 15 is 0 Å². The molecule has 0 spiro atoms. The van der Waals surface area contributed by atoms with Gasteiger partial charge in [0.25, 0.3) is 0 Å². The summed E-state index contributed by atoms with van der Waals surface area (Å²) in [7, 11) is 1.83. The van der Waals surface area contributed by atoms with Crippen LogP contribution in [0.25, 0.3) is 0 Å². The van der Waals surface area contributed by atoms with Gasteiger partial charge in [-0.1, -0.05) is 0 Å². The van der Waals surface area contributed by atoms with E-state index in [1.807, 2.05) is 0 Å². The Kier molecular flexibility index (Phi) is 5.47. The molecule has 0 saturated heterocycles. The van der Waals surface area contributed by atoms with Gasteiger partial charge in [0.2, 0.25) is 0 Å². The molecule has 8 heteroatoms. The Labute approximate surface area is 116 Å². The minimum atomic E-state index is -4.71. The van der Waals surface area contributed by atoms with Gasteiger partial charge in [0, 0.05) is 0 Å². The van der Waals surface area contributed by atoms with Gasteiger partial charge in [-0.05, 0) is 0 Å². The van der Waals surface area contributed by atoms with Crippen LogP contribution >= 0.6 is 0 Å². The molecule has 0 aliphatic carbocycles. The van der Waals surface area contributed by atoms with E-state index in [0.717, 1.165) is 14.2 Å². The SMILES string of the molecule is COC(=O)C(C(=O)OC)=[Se](c1ccccc1)C(F)(F)F. The van der Waals surface area contributed by atoms with Crippen LogP contribution in [0.5, 0.6) is 0 Å². The fraction of sp³-hybridized carbons (Fsp3) is 0.250. The predicted octanol–water partition coefficient (Wildman–Crippen LogP) is 0.590. The molecule has 0 radical (unpaired) electrons. The van der Waals surface area contributed by atoms with Crippen LogP contribution in [0.2, 0.25) is 0 Å². The third-order valence-electron chi connectivity index (χ3n) is 2.16. The van der Waals surface area contributed by atoms with Crippen LogP contribution < -0.4 is 4.46 Å². The molecule has 0 saturated carbocycles. The number of benzene rings is 1. The summed E-state index contributed by atoms with van der Waals surface area (Å²) in [6, 6.07) is 6.81. The number of methoxy groups -OCH3 is 2. The summed E-state index contributed by atoms with van der Waals surface area (Å²) in [5, 5.41) is -4.71. The van der Waals surface area contributed by atoms with Crippen molar-refractivity contribution < 1.29 is 32.2 Å². The van der Waals surface area contributed by atoms with E-state index < -0.39 is 34.9 Å². The van der Waals surface area contributed by atoms with Crippen LogP contribution in [0.4, 0.5) is 13.2 Å². The summed E-state index contributed by atoms with van der Waals surface area (Å²) in [4.78, 5) is 23.1. The first-order valence-electron chi connectivity index (χ1n) is 5.22. The number of alkyl halides is 3. The zero-order valence-corrected chi connectivity index (χ0v) is 12.3. The van der Waals surface area contributed by atoms with Gasteiger partial charge < -0.3 is 0 Å². The fourth-order valence-electron chi connectivity index (χ4n) is 1.36. The van der Waals surface area contributed by atoms with Crippen molar-refractivity contribution in [1.29, 1.82) is 0 Å². The van der Waals surface area contributed by atoms with Crippen molar-refractivity contribution in [2.75, 3.05) is 14.2 Å². The second kappa shape index (κ2) is 6.67. The van der Waals surface area contributed by atoms with Crippen molar-refractivity contribution in [2.24, 2.45) is 0 Å². The minimum absolute atomic E-state index is 0.120. The Bertz CT molecular complexity index is 519. The van der Waals surface area contributed by atoms with Crippen molar-refractivity contribution in [2.45, 2.75) is 5.07 Å². The van der Waals surface area contributed by atoms with Gasteiger partial charge in [-0.2, -0.15) is 0 Å². The third kappa shape index (κ3) is 3.68. The molecule has 0 heterocycles. The zero-order valence-electron chi connectivity index (χ0n) is 10.6. The molecule has 1 atom stereocenters. The van der Waals surface area contributed by atoms with E-state index in [9.17, 15) is 22.8 Å². The first-order valence-corrected chi connectivity index (χ1v) is 7.79. The molecule has 0 N–H and O–H groups in total. The van der Waals surface area contributed by atoms with E-state index in [-0.39, 0.29) is 4.46 Å². The van der Waals surface area contributed by atoms with Crippen molar-refractivity contribution in [3.8, 4) is 0 Å². The summed E-state index contributed by atoms with van der Waals surface area (Å²) in [6.45, 7) is 0. The molecule has 20 heavy (non-hydrogen) atoms. The van der Waals surface area contributed by atoms with Crippen LogP contribution in [-0.4, -0.2) is 49.1 Å². The van der Waals surface area contributed by atoms with Crippen LogP contribution in [0.3, 0.4) is 0 Å². The number of carbonyl (C=O) groups is 2. The Hall–Kier alpha value is -1.66. The number of hydrogen-bond donors (Lipinski definition) is 0. The second-order valence-corrected chi connectivity index (χ2v) is 7.48. The monoisotopic (exact) mass is 356 g/mol. The summed E-state index contributed by atoms with van der Waals surface area (Å²) in [5.41, 5.74) is 0. The number of carbonyl (C=O) groups excluding carboxylic acids is 2. The van der Waals surface area contributed by atoms with E-state index in [4.69, 9.17) is 0 Å². The van der Waals surface area contributed by atoms with Gasteiger partial charge in [0.05, 0.1) is 0 Å². The Morgan fingerprint density at radius 2 is 1.45 bits per heavy atom. The van der Waals surface area contributed by atoms with E-state index in [2.05, 4.69) is 9.47 Å². The molecule has 0 bridgehead atoms. The number of rotatable bonds is 3. The van der Waals surface area contributed by atoms with Crippen molar-refractivity contribution in [3.05, 3.63) is 30.3 Å². The molecule has 0 aromatic heterocycles. The van der Waals surface area contributed by atoms with Crippen molar-refractivity contribution >= 4 is 34.3 Å². The predicted molar refractivity (Wildman–Crippen MR) is 66.9 cm³/mol. The maximum absolute atomic E-state index is 13.3. The molecule has 0 amide bonds. The molecule has 110 valence electrons. The van der Waals surface area contributed by atoms with Crippen LogP contribution in [0.15, 0.2) is 30.3 Å². The zero-order chi connectivity index (χ0) is 15.3. The summed E-state index contributed by atoms with van der Waals surface area (Å²) in [6.07, 6.45) is 0. The van der Waals surface area contributed by atoms with E-state index in [0.29, 0.717) is 0 Å². The van der Waals surface area contributed by atoms with Crippen LogP contribution in [0.1, 0.15) is 0 Å². The first-order chi connectivity index (χ1) is 9.32. The molecule has 1 unspecified atom stereocenters. The second-order valence-electron chi connectivity index (χ2n) is 3.38. The Morgan fingerprint density at radius 1 is 1.00 bits per heavy atom. The van der Waals surface area contributed by atoms with Gasteiger partial charge in [-0.3, -0.25) is 0 Å². The maximum atomic E-state index is 13.3. The van der Waals surface area contributed by atoms with Gasteiger partial charge in [-0.25, -0.2) is 0 Å². The molecule has 0 aliphatic heterocycles. The number of halogens is 3. The molecule has 1 aromatic carbocycles.